The summed E-state index contributed by atoms with van der Waals surface area (Å²) < 4.78 is 0. The van der Waals surface area contributed by atoms with Crippen LogP contribution in [-0.4, -0.2) is 59.8 Å². The molecule has 0 bridgehead atoms. The van der Waals surface area contributed by atoms with Gasteiger partial charge in [0.25, 0.3) is 0 Å². The molecule has 4 N–H and O–H groups in total. The number of nitrogens with one attached hydrogen (secondary N) is 3. The number of nitrogens with zero attached hydrogens (tertiary/aromatic N) is 3. The Balaban J connectivity index is 1.48. The third-order valence-electron chi connectivity index (χ3n) is 6.05. The van der Waals surface area contributed by atoms with Gasteiger partial charge in [-0.3, -0.25) is 0 Å². The van der Waals surface area contributed by atoms with Gasteiger partial charge in [-0.2, -0.15) is 4.98 Å². The number of carboxylic acid groups (broad SMARTS) is 1. The van der Waals surface area contributed by atoms with E-state index in [0.29, 0.717) is 24.8 Å². The maximum Gasteiger partial charge on any atom is 0.326 e. The van der Waals surface area contributed by atoms with Crippen molar-refractivity contribution >= 4 is 34.7 Å². The van der Waals surface area contributed by atoms with E-state index in [2.05, 4.69) is 16.0 Å². The minimum Gasteiger partial charge on any atom is -0.480 e. The second-order valence-electron chi connectivity index (χ2n) is 9.52. The molecule has 9 heteroatoms. The summed E-state index contributed by atoms with van der Waals surface area (Å²) in [5, 5.41) is 19.2. The highest BCUT2D eigenvalue weighted by Gasteiger charge is 2.24. The van der Waals surface area contributed by atoms with Gasteiger partial charge >= 0.3 is 12.0 Å². The van der Waals surface area contributed by atoms with Crippen molar-refractivity contribution < 1.29 is 14.7 Å². The molecular formula is C24H36N6O3. The highest BCUT2D eigenvalue weighted by Crippen LogP contribution is 2.28. The number of urea groups is 1. The van der Waals surface area contributed by atoms with Gasteiger partial charge in [-0.25, -0.2) is 14.6 Å². The normalized spacial score (nSPS) is 19.2. The Labute approximate surface area is 195 Å². The quantitative estimate of drug-likeness (QED) is 0.456. The van der Waals surface area contributed by atoms with E-state index in [1.54, 1.807) is 0 Å². The average Bonchev–Trinajstić information content (AvgIpc) is 2.77. The molecular weight excluding hydrogens is 420 g/mol. The fraction of sp³-hybridized carbons (Fsp3) is 0.583. The molecule has 2 aromatic rings. The first-order valence-electron chi connectivity index (χ1n) is 11.7. The van der Waals surface area contributed by atoms with Gasteiger partial charge in [0.2, 0.25) is 5.95 Å². The highest BCUT2D eigenvalue weighted by molar-refractivity contribution is 5.90. The summed E-state index contributed by atoms with van der Waals surface area (Å²) >= 11 is 0. The first-order valence-corrected chi connectivity index (χ1v) is 11.7. The molecule has 0 aliphatic heterocycles. The van der Waals surface area contributed by atoms with Gasteiger partial charge in [-0.05, 0) is 56.1 Å². The molecule has 1 heterocycles. The van der Waals surface area contributed by atoms with Crippen molar-refractivity contribution in [2.45, 2.75) is 58.0 Å². The monoisotopic (exact) mass is 456 g/mol. The van der Waals surface area contributed by atoms with Crippen LogP contribution in [0.5, 0.6) is 0 Å². The average molecular weight is 457 g/mol. The molecule has 1 aromatic heterocycles. The van der Waals surface area contributed by atoms with Crippen molar-refractivity contribution in [1.82, 2.24) is 20.6 Å². The number of benzene rings is 1. The molecule has 1 aliphatic rings. The van der Waals surface area contributed by atoms with Crippen LogP contribution in [0, 0.1) is 11.8 Å². The highest BCUT2D eigenvalue weighted by atomic mass is 16.4. The van der Waals surface area contributed by atoms with Crippen LogP contribution < -0.4 is 20.9 Å². The number of carbonyl (C=O) groups excluding carboxylic acids is 1. The molecule has 3 rings (SSSR count). The largest absolute Gasteiger partial charge is 0.480 e. The van der Waals surface area contributed by atoms with Crippen LogP contribution in [0.25, 0.3) is 10.9 Å². The number of anilines is 2. The number of carboxylic acids is 1. The Kier molecular flexibility index (Phi) is 8.30. The van der Waals surface area contributed by atoms with Crippen LogP contribution in [0.15, 0.2) is 24.3 Å². The predicted molar refractivity (Wildman–Crippen MR) is 131 cm³/mol. The Morgan fingerprint density at radius 2 is 1.82 bits per heavy atom. The third-order valence-corrected chi connectivity index (χ3v) is 6.05. The van der Waals surface area contributed by atoms with Gasteiger partial charge in [0.05, 0.1) is 5.52 Å². The number of amides is 2. The zero-order chi connectivity index (χ0) is 24.0. The smallest absolute Gasteiger partial charge is 0.326 e. The van der Waals surface area contributed by atoms with Crippen molar-refractivity contribution in [3.8, 4) is 0 Å². The summed E-state index contributed by atoms with van der Waals surface area (Å²) in [5.41, 5.74) is 0.916. The number of aliphatic carboxylic acids is 1. The first kappa shape index (κ1) is 24.5. The van der Waals surface area contributed by atoms with Crippen LogP contribution in [0.3, 0.4) is 0 Å². The van der Waals surface area contributed by atoms with E-state index in [4.69, 9.17) is 9.97 Å². The van der Waals surface area contributed by atoms with Gasteiger partial charge in [0.15, 0.2) is 0 Å². The lowest BCUT2D eigenvalue weighted by molar-refractivity contribution is -0.139. The van der Waals surface area contributed by atoms with Crippen LogP contribution in [0.4, 0.5) is 16.6 Å². The zero-order valence-corrected chi connectivity index (χ0v) is 20.0. The summed E-state index contributed by atoms with van der Waals surface area (Å²) in [6, 6.07) is 7.02. The number of rotatable bonds is 9. The first-order chi connectivity index (χ1) is 15.7. The van der Waals surface area contributed by atoms with Crippen LogP contribution in [0.1, 0.15) is 46.0 Å². The second kappa shape index (κ2) is 11.2. The number of hydrogen-bond acceptors (Lipinski definition) is 6. The Hall–Kier alpha value is -3.10. The lowest BCUT2D eigenvalue weighted by Gasteiger charge is -2.29. The van der Waals surface area contributed by atoms with E-state index in [1.165, 1.54) is 0 Å². The van der Waals surface area contributed by atoms with Crippen LogP contribution in [-0.2, 0) is 4.79 Å². The molecule has 2 amide bonds. The molecule has 1 aromatic carbocycles. The van der Waals surface area contributed by atoms with E-state index in [-0.39, 0.29) is 12.0 Å². The number of aromatic nitrogens is 2. The van der Waals surface area contributed by atoms with Gasteiger partial charge in [-0.1, -0.05) is 26.0 Å². The lowest BCUT2D eigenvalue weighted by atomic mass is 9.86. The maximum atomic E-state index is 12.2. The standard InChI is InChI=1S/C24H36N6O3/c1-15(2)13-20(22(31)32)28-24(33)25-14-16-9-11-17(12-10-16)26-23-27-19-8-6-5-7-18(19)21(29-23)30(3)4/h5-8,15-17,20H,9-14H2,1-4H3,(H,31,32)(H2,25,28,33)(H,26,27,29)/t16-,17+,20-/m0/s1. The van der Waals surface area contributed by atoms with Gasteiger partial charge in [0, 0.05) is 32.1 Å². The number of hydrogen-bond donors (Lipinski definition) is 4. The van der Waals surface area contributed by atoms with E-state index in [9.17, 15) is 14.7 Å². The Bertz CT molecular complexity index is 956. The molecule has 1 aliphatic carbocycles. The molecule has 180 valence electrons. The van der Waals surface area contributed by atoms with Gasteiger partial charge in [0.1, 0.15) is 11.9 Å². The van der Waals surface area contributed by atoms with E-state index < -0.39 is 18.0 Å². The minimum atomic E-state index is -1.00. The maximum absolute atomic E-state index is 12.2. The summed E-state index contributed by atoms with van der Waals surface area (Å²) in [6.07, 6.45) is 4.28. The molecule has 33 heavy (non-hydrogen) atoms. The summed E-state index contributed by atoms with van der Waals surface area (Å²) in [4.78, 5) is 34.9. The fourth-order valence-electron chi connectivity index (χ4n) is 4.30. The van der Waals surface area contributed by atoms with Crippen molar-refractivity contribution in [3.63, 3.8) is 0 Å². The molecule has 9 nitrogen and oxygen atoms in total. The zero-order valence-electron chi connectivity index (χ0n) is 20.0. The lowest BCUT2D eigenvalue weighted by Crippen LogP contribution is -2.47. The minimum absolute atomic E-state index is 0.189. The topological polar surface area (TPSA) is 119 Å². The van der Waals surface area contributed by atoms with Crippen molar-refractivity contribution in [2.24, 2.45) is 11.8 Å². The van der Waals surface area contributed by atoms with E-state index in [0.717, 1.165) is 42.4 Å². The molecule has 0 spiro atoms. The van der Waals surface area contributed by atoms with Gasteiger partial charge < -0.3 is 26.0 Å². The van der Waals surface area contributed by atoms with E-state index >= 15 is 0 Å². The number of fused-ring (bicyclic) bond motifs is 1. The SMILES string of the molecule is CC(C)C[C@H](NC(=O)NC[C@H]1CC[C@@H](Nc2nc(N(C)C)c3ccccc3n2)CC1)C(=O)O. The van der Waals surface area contributed by atoms with E-state index in [1.807, 2.05) is 57.1 Å². The second-order valence-corrected chi connectivity index (χ2v) is 9.52. The van der Waals surface area contributed by atoms with Crippen LogP contribution >= 0.6 is 0 Å². The van der Waals surface area contributed by atoms with Crippen LogP contribution in [0.2, 0.25) is 0 Å². The molecule has 0 unspecified atom stereocenters. The molecule has 0 radical (unpaired) electrons. The van der Waals surface area contributed by atoms with Crippen molar-refractivity contribution in [2.75, 3.05) is 30.9 Å². The van der Waals surface area contributed by atoms with Crippen molar-refractivity contribution in [1.29, 1.82) is 0 Å². The number of carbonyl (C=O) groups is 2. The Morgan fingerprint density at radius 1 is 1.12 bits per heavy atom. The summed E-state index contributed by atoms with van der Waals surface area (Å²) in [5.74, 6) is 1.10. The molecule has 1 fully saturated rings. The van der Waals surface area contributed by atoms with Crippen molar-refractivity contribution in [3.05, 3.63) is 24.3 Å². The molecule has 1 saturated carbocycles. The van der Waals surface area contributed by atoms with Gasteiger partial charge in [-0.15, -0.1) is 0 Å². The molecule has 0 saturated heterocycles. The third kappa shape index (κ3) is 6.94. The fourth-order valence-corrected chi connectivity index (χ4v) is 4.30. The predicted octanol–water partition coefficient (Wildman–Crippen LogP) is 3.47. The summed E-state index contributed by atoms with van der Waals surface area (Å²) in [6.45, 7) is 4.42. The summed E-state index contributed by atoms with van der Waals surface area (Å²) in [7, 11) is 3.96. The Morgan fingerprint density at radius 3 is 2.45 bits per heavy atom. The molecule has 1 atom stereocenters. The number of para-hydroxylation sites is 1.